The molecular formula is C27H32ClN3O4. The first-order chi connectivity index (χ1) is 17.0. The monoisotopic (exact) mass is 497 g/mol. The second-order valence-electron chi connectivity index (χ2n) is 9.20. The van der Waals surface area contributed by atoms with Gasteiger partial charge in [-0.25, -0.2) is 0 Å². The molecule has 1 atom stereocenters. The van der Waals surface area contributed by atoms with Crippen LogP contribution in [0.1, 0.15) is 52.8 Å². The van der Waals surface area contributed by atoms with Crippen molar-refractivity contribution in [3.05, 3.63) is 64.7 Å². The van der Waals surface area contributed by atoms with Crippen molar-refractivity contribution in [2.75, 3.05) is 33.3 Å². The van der Waals surface area contributed by atoms with Gasteiger partial charge in [-0.15, -0.1) is 0 Å². The Labute approximate surface area is 211 Å². The first kappa shape index (κ1) is 25.0. The van der Waals surface area contributed by atoms with Crippen LogP contribution >= 0.6 is 11.6 Å². The molecule has 8 heteroatoms. The minimum Gasteiger partial charge on any atom is -0.497 e. The van der Waals surface area contributed by atoms with Crippen LogP contribution in [0.4, 0.5) is 0 Å². The van der Waals surface area contributed by atoms with E-state index in [2.05, 4.69) is 5.32 Å². The van der Waals surface area contributed by atoms with Gasteiger partial charge >= 0.3 is 0 Å². The predicted octanol–water partition coefficient (Wildman–Crippen LogP) is 4.01. The number of halogens is 1. The summed E-state index contributed by atoms with van der Waals surface area (Å²) in [5, 5.41) is 3.62. The topological polar surface area (TPSA) is 79.0 Å². The molecule has 0 aliphatic carbocycles. The summed E-state index contributed by atoms with van der Waals surface area (Å²) in [5.74, 6) is 0.291. The normalized spacial score (nSPS) is 17.5. The average molecular weight is 498 g/mol. The average Bonchev–Trinajstić information content (AvgIpc) is 2.92. The Balaban J connectivity index is 1.45. The molecule has 0 spiro atoms. The van der Waals surface area contributed by atoms with Crippen LogP contribution < -0.4 is 10.1 Å². The van der Waals surface area contributed by atoms with E-state index in [4.69, 9.17) is 16.3 Å². The van der Waals surface area contributed by atoms with E-state index in [1.165, 1.54) is 0 Å². The number of carbonyl (C=O) groups excluding carboxylic acids is 3. The van der Waals surface area contributed by atoms with Gasteiger partial charge < -0.3 is 19.9 Å². The Hall–Kier alpha value is -3.06. The first-order valence-corrected chi connectivity index (χ1v) is 12.6. The van der Waals surface area contributed by atoms with Gasteiger partial charge in [0.25, 0.3) is 11.8 Å². The molecule has 2 aliphatic heterocycles. The van der Waals surface area contributed by atoms with Gasteiger partial charge in [-0.3, -0.25) is 14.4 Å². The highest BCUT2D eigenvalue weighted by Gasteiger charge is 2.36. The van der Waals surface area contributed by atoms with Gasteiger partial charge in [0.05, 0.1) is 7.11 Å². The van der Waals surface area contributed by atoms with E-state index in [1.807, 2.05) is 9.80 Å². The highest BCUT2D eigenvalue weighted by Crippen LogP contribution is 2.25. The standard InChI is InChI=1S/C27H32ClN3O4/c1-35-23-11-7-20(8-12-23)25(32)29-24(27(34)30-15-3-2-4-16-30)19-13-17-31(18-14-19)26(33)21-5-9-22(28)10-6-21/h5-12,19,24H,2-4,13-18H2,1H3,(H,29,32)/t24-/m1/s1. The summed E-state index contributed by atoms with van der Waals surface area (Å²) in [5.41, 5.74) is 1.08. The van der Waals surface area contributed by atoms with Crippen LogP contribution in [0.5, 0.6) is 5.75 Å². The second-order valence-corrected chi connectivity index (χ2v) is 9.64. The highest BCUT2D eigenvalue weighted by atomic mass is 35.5. The Bertz CT molecular complexity index is 1030. The number of hydrogen-bond acceptors (Lipinski definition) is 4. The van der Waals surface area contributed by atoms with Gasteiger partial charge in [-0.2, -0.15) is 0 Å². The molecule has 2 aromatic carbocycles. The van der Waals surface area contributed by atoms with Gasteiger partial charge in [-0.1, -0.05) is 11.6 Å². The number of piperidine rings is 2. The molecular weight excluding hydrogens is 466 g/mol. The molecule has 2 heterocycles. The zero-order chi connectivity index (χ0) is 24.8. The van der Waals surface area contributed by atoms with E-state index in [1.54, 1.807) is 55.6 Å². The number of benzene rings is 2. The molecule has 0 radical (unpaired) electrons. The molecule has 7 nitrogen and oxygen atoms in total. The number of rotatable bonds is 6. The van der Waals surface area contributed by atoms with Crippen molar-refractivity contribution in [2.24, 2.45) is 5.92 Å². The third kappa shape index (κ3) is 6.14. The fraction of sp³-hybridized carbons (Fsp3) is 0.444. The lowest BCUT2D eigenvalue weighted by atomic mass is 9.87. The summed E-state index contributed by atoms with van der Waals surface area (Å²) in [4.78, 5) is 43.2. The maximum atomic E-state index is 13.5. The van der Waals surface area contributed by atoms with E-state index in [0.717, 1.165) is 32.4 Å². The quantitative estimate of drug-likeness (QED) is 0.654. The summed E-state index contributed by atoms with van der Waals surface area (Å²) in [7, 11) is 1.58. The van der Waals surface area contributed by atoms with Gasteiger partial charge in [0.1, 0.15) is 11.8 Å². The Morgan fingerprint density at radius 2 is 1.46 bits per heavy atom. The zero-order valence-corrected chi connectivity index (χ0v) is 20.8. The lowest BCUT2D eigenvalue weighted by Gasteiger charge is -2.38. The van der Waals surface area contributed by atoms with Crippen LogP contribution in [0.3, 0.4) is 0 Å². The van der Waals surface area contributed by atoms with E-state index in [-0.39, 0.29) is 23.6 Å². The fourth-order valence-electron chi connectivity index (χ4n) is 4.87. The van der Waals surface area contributed by atoms with Crippen LogP contribution in [-0.2, 0) is 4.79 Å². The Morgan fingerprint density at radius 3 is 2.06 bits per heavy atom. The maximum Gasteiger partial charge on any atom is 0.253 e. The number of nitrogens with one attached hydrogen (secondary N) is 1. The lowest BCUT2D eigenvalue weighted by Crippen LogP contribution is -2.55. The third-order valence-corrected chi connectivity index (χ3v) is 7.21. The number of likely N-dealkylation sites (tertiary alicyclic amines) is 2. The second kappa shape index (κ2) is 11.6. The summed E-state index contributed by atoms with van der Waals surface area (Å²) in [6.45, 7) is 2.52. The van der Waals surface area contributed by atoms with Crippen molar-refractivity contribution in [3.63, 3.8) is 0 Å². The van der Waals surface area contributed by atoms with Gasteiger partial charge in [-0.05, 0) is 86.6 Å². The minimum atomic E-state index is -0.615. The number of methoxy groups -OCH3 is 1. The summed E-state index contributed by atoms with van der Waals surface area (Å²) >= 11 is 5.95. The molecule has 4 rings (SSSR count). The van der Waals surface area contributed by atoms with E-state index < -0.39 is 6.04 Å². The molecule has 2 aliphatic rings. The summed E-state index contributed by atoms with van der Waals surface area (Å²) in [6.07, 6.45) is 4.38. The van der Waals surface area contributed by atoms with Gasteiger partial charge in [0.15, 0.2) is 0 Å². The van der Waals surface area contributed by atoms with E-state index >= 15 is 0 Å². The minimum absolute atomic E-state index is 0.0194. The van der Waals surface area contributed by atoms with E-state index in [9.17, 15) is 14.4 Å². The molecule has 3 amide bonds. The van der Waals surface area contributed by atoms with Crippen LogP contribution in [0, 0.1) is 5.92 Å². The lowest BCUT2D eigenvalue weighted by molar-refractivity contribution is -0.136. The van der Waals surface area contributed by atoms with Crippen molar-refractivity contribution in [2.45, 2.75) is 38.1 Å². The smallest absolute Gasteiger partial charge is 0.253 e. The molecule has 0 aromatic heterocycles. The Morgan fingerprint density at radius 1 is 0.857 bits per heavy atom. The van der Waals surface area contributed by atoms with Gasteiger partial charge in [0, 0.05) is 42.3 Å². The molecule has 0 bridgehead atoms. The third-order valence-electron chi connectivity index (χ3n) is 6.96. The van der Waals surface area contributed by atoms with E-state index in [0.29, 0.717) is 47.8 Å². The number of carbonyl (C=O) groups is 3. The number of amides is 3. The predicted molar refractivity (Wildman–Crippen MR) is 135 cm³/mol. The molecule has 2 fully saturated rings. The van der Waals surface area contributed by atoms with Crippen LogP contribution in [0.15, 0.2) is 48.5 Å². The number of nitrogens with zero attached hydrogens (tertiary/aromatic N) is 2. The fourth-order valence-corrected chi connectivity index (χ4v) is 5.00. The number of ether oxygens (including phenoxy) is 1. The van der Waals surface area contributed by atoms with Crippen molar-refractivity contribution >= 4 is 29.3 Å². The molecule has 2 aromatic rings. The zero-order valence-electron chi connectivity index (χ0n) is 20.0. The van der Waals surface area contributed by atoms with Crippen molar-refractivity contribution in [3.8, 4) is 5.75 Å². The Kier molecular flexibility index (Phi) is 8.29. The van der Waals surface area contributed by atoms with Crippen molar-refractivity contribution in [1.29, 1.82) is 0 Å². The number of hydrogen-bond donors (Lipinski definition) is 1. The first-order valence-electron chi connectivity index (χ1n) is 12.2. The summed E-state index contributed by atoms with van der Waals surface area (Å²) < 4.78 is 5.18. The SMILES string of the molecule is COc1ccc(C(=O)N[C@@H](C(=O)N2CCCCC2)C2CCN(C(=O)c3ccc(Cl)cc3)CC2)cc1. The molecule has 35 heavy (non-hydrogen) atoms. The van der Waals surface area contributed by atoms with Crippen molar-refractivity contribution in [1.82, 2.24) is 15.1 Å². The van der Waals surface area contributed by atoms with Crippen molar-refractivity contribution < 1.29 is 19.1 Å². The summed E-state index contributed by atoms with van der Waals surface area (Å²) in [6, 6.07) is 13.1. The van der Waals surface area contributed by atoms with Crippen LogP contribution in [0.25, 0.3) is 0 Å². The van der Waals surface area contributed by atoms with Gasteiger partial charge in [0.2, 0.25) is 5.91 Å². The largest absolute Gasteiger partial charge is 0.497 e. The molecule has 2 saturated heterocycles. The molecule has 1 N–H and O–H groups in total. The molecule has 186 valence electrons. The maximum absolute atomic E-state index is 13.5. The molecule has 0 unspecified atom stereocenters. The van der Waals surface area contributed by atoms with Crippen LogP contribution in [0.2, 0.25) is 5.02 Å². The highest BCUT2D eigenvalue weighted by molar-refractivity contribution is 6.30. The molecule has 0 saturated carbocycles. The van der Waals surface area contributed by atoms with Crippen LogP contribution in [-0.4, -0.2) is 66.9 Å².